The summed E-state index contributed by atoms with van der Waals surface area (Å²) in [5.74, 6) is 1.39. The van der Waals surface area contributed by atoms with Gasteiger partial charge in [-0.2, -0.15) is 0 Å². The molecule has 0 N–H and O–H groups in total. The van der Waals surface area contributed by atoms with Gasteiger partial charge in [0.25, 0.3) is 0 Å². The summed E-state index contributed by atoms with van der Waals surface area (Å²) in [5, 5.41) is 0. The fraction of sp³-hybridized carbons (Fsp3) is 0.647. The smallest absolute Gasteiger partial charge is 0.230 e. The molecule has 2 amide bonds. The van der Waals surface area contributed by atoms with E-state index in [2.05, 4.69) is 144 Å². The molecule has 332 valence electrons. The molecule has 2 aromatic carbocycles. The molecule has 63 heavy (non-hydrogen) atoms. The zero-order chi connectivity index (χ0) is 42.5. The van der Waals surface area contributed by atoms with E-state index in [-0.39, 0.29) is 55.3 Å². The van der Waals surface area contributed by atoms with Crippen LogP contribution in [0.3, 0.4) is 0 Å². The van der Waals surface area contributed by atoms with Gasteiger partial charge in [-0.3, -0.25) is 29.2 Å². The quantitative estimate of drug-likeness (QED) is 0.102. The van der Waals surface area contributed by atoms with E-state index in [0.29, 0.717) is 50.0 Å². The molecule has 8 nitrogen and oxygen atoms in total. The average Bonchev–Trinajstić information content (AvgIpc) is 3.90. The predicted molar refractivity (Wildman–Crippen MR) is 258 cm³/mol. The third kappa shape index (κ3) is 4.61. The highest BCUT2D eigenvalue weighted by Crippen LogP contribution is 2.78. The Bertz CT molecular complexity index is 2270. The number of amides is 2. The predicted octanol–water partition coefficient (Wildman–Crippen LogP) is 9.64. The van der Waals surface area contributed by atoms with Crippen molar-refractivity contribution in [2.45, 2.75) is 136 Å². The molecule has 0 aromatic heterocycles. The summed E-state index contributed by atoms with van der Waals surface area (Å²) in [6, 6.07) is 18.3. The third-order valence-electron chi connectivity index (χ3n) is 19.5. The molecular formula is C51H56Br4N4O4. The van der Waals surface area contributed by atoms with Gasteiger partial charge in [0.05, 0.1) is 38.3 Å². The molecule has 12 aliphatic rings. The van der Waals surface area contributed by atoms with E-state index in [1.807, 2.05) is 0 Å². The summed E-state index contributed by atoms with van der Waals surface area (Å²) in [6.45, 7) is 5.33. The van der Waals surface area contributed by atoms with E-state index in [0.717, 1.165) is 63.2 Å². The molecule has 8 fully saturated rings. The molecule has 12 heteroatoms. The molecule has 2 aromatic rings. The first-order chi connectivity index (χ1) is 30.5. The van der Waals surface area contributed by atoms with Crippen molar-refractivity contribution >= 4 is 86.9 Å². The van der Waals surface area contributed by atoms with E-state index in [9.17, 15) is 9.59 Å². The number of para-hydroxylation sites is 2. The van der Waals surface area contributed by atoms with Crippen molar-refractivity contribution in [2.75, 3.05) is 49.2 Å². The van der Waals surface area contributed by atoms with Crippen LogP contribution in [0.2, 0.25) is 0 Å². The van der Waals surface area contributed by atoms with Gasteiger partial charge < -0.3 is 9.47 Å². The van der Waals surface area contributed by atoms with E-state index in [1.54, 1.807) is 0 Å². The van der Waals surface area contributed by atoms with Gasteiger partial charge in [0, 0.05) is 79.7 Å². The minimum absolute atomic E-state index is 0.0871. The number of piperidine rings is 4. The van der Waals surface area contributed by atoms with Gasteiger partial charge in [0.15, 0.2) is 0 Å². The molecule has 6 unspecified atom stereocenters. The molecule has 4 bridgehead atoms. The van der Waals surface area contributed by atoms with Gasteiger partial charge in [0.1, 0.15) is 8.90 Å². The second-order valence-corrected chi connectivity index (χ2v) is 26.9. The van der Waals surface area contributed by atoms with Gasteiger partial charge in [-0.15, -0.1) is 0 Å². The summed E-state index contributed by atoms with van der Waals surface area (Å²) in [4.78, 5) is 38.3. The lowest BCUT2D eigenvalue weighted by atomic mass is 9.48. The lowest BCUT2D eigenvalue weighted by Crippen LogP contribution is -2.80. The average molecular weight is 1110 g/mol. The summed E-state index contributed by atoms with van der Waals surface area (Å²) in [6.07, 6.45) is 18.5. The number of fused-ring (bicyclic) bond motifs is 4. The normalized spacial score (nSPS) is 46.3. The number of unbranched alkanes of at least 4 members (excludes halogenated alkanes) is 6. The Kier molecular flexibility index (Phi) is 8.81. The minimum atomic E-state index is -0.492. The van der Waals surface area contributed by atoms with Crippen LogP contribution >= 0.6 is 63.7 Å². The van der Waals surface area contributed by atoms with Crippen molar-refractivity contribution < 1.29 is 19.1 Å². The Morgan fingerprint density at radius 3 is 1.43 bits per heavy atom. The fourth-order valence-corrected chi connectivity index (χ4v) is 24.2. The highest BCUT2D eigenvalue weighted by Gasteiger charge is 2.84. The zero-order valence-corrected chi connectivity index (χ0v) is 42.1. The number of nitrogens with zero attached hydrogens (tertiary/aromatic N) is 4. The molecule has 10 heterocycles. The Morgan fingerprint density at radius 1 is 0.571 bits per heavy atom. The van der Waals surface area contributed by atoms with E-state index in [1.165, 1.54) is 67.2 Å². The standard InChI is InChI=1S/C51H56Br4N4O4/c52-48(40-30-16-24-62-36-26-38(60)58-34-14-8-6-12-32(34)46(50(58,54)42(36)40)20-22-56(28-30)44(46)48)18-10-4-2-1-3-5-11-19-49(53)41-31-17-25-63-37-27-39(61)59-35-15-9-7-13-33(35)47(51(59,55)43(37)41)21-23-57(29-31)45(47)49/h6-9,12-17,36-37,40-45H,1-5,10-11,18-29H2/t36?,37?,40-,41-,42-,43-,44-,45-,46+,47+,48?,49?,50?,51?/m0/s1. The number of rotatable bonds is 10. The van der Waals surface area contributed by atoms with Crippen LogP contribution in [0.5, 0.6) is 0 Å². The number of carbonyl (C=O) groups is 2. The zero-order valence-electron chi connectivity index (χ0n) is 35.8. The van der Waals surface area contributed by atoms with E-state index < -0.39 is 8.90 Å². The minimum Gasteiger partial charge on any atom is -0.373 e. The molecule has 10 aliphatic heterocycles. The molecule has 2 spiro atoms. The Labute approximate surface area is 404 Å². The highest BCUT2D eigenvalue weighted by molar-refractivity contribution is 9.10. The van der Waals surface area contributed by atoms with Crippen LogP contribution < -0.4 is 9.80 Å². The summed E-state index contributed by atoms with van der Waals surface area (Å²) in [7, 11) is 0. The topological polar surface area (TPSA) is 65.6 Å². The van der Waals surface area contributed by atoms with Crippen molar-refractivity contribution in [1.29, 1.82) is 0 Å². The molecule has 2 aliphatic carbocycles. The first kappa shape index (κ1) is 40.7. The molecule has 0 radical (unpaired) electrons. The number of benzene rings is 2. The van der Waals surface area contributed by atoms with Gasteiger partial charge in [0.2, 0.25) is 11.8 Å². The van der Waals surface area contributed by atoms with Gasteiger partial charge >= 0.3 is 0 Å². The molecule has 14 atom stereocenters. The Balaban J connectivity index is 0.683. The van der Waals surface area contributed by atoms with Crippen LogP contribution in [-0.4, -0.2) is 103 Å². The van der Waals surface area contributed by atoms with E-state index in [4.69, 9.17) is 9.47 Å². The largest absolute Gasteiger partial charge is 0.373 e. The van der Waals surface area contributed by atoms with Crippen LogP contribution in [0.4, 0.5) is 11.4 Å². The maximum absolute atomic E-state index is 14.2. The van der Waals surface area contributed by atoms with Crippen molar-refractivity contribution in [3.05, 3.63) is 83.0 Å². The SMILES string of the molecule is O=C1CC2OCC=C3CN4CC[C@]56c7ccccc7N1C5(Br)[C@@H]2[C@H]3C(Br)(CCCCCCCCCC1(Br)[C@H]2N3CC[C@@]25c2ccccc2N2C(=O)CC7OCC=C(C3)[C@H]1[C@H]7C25Br)[C@@H]46. The van der Waals surface area contributed by atoms with Crippen LogP contribution in [0.1, 0.15) is 94.6 Å². The second-order valence-electron chi connectivity index (χ2n) is 21.6. The maximum atomic E-state index is 14.2. The second kappa shape index (κ2) is 13.7. The van der Waals surface area contributed by atoms with Crippen molar-refractivity contribution in [1.82, 2.24) is 9.80 Å². The molecule has 6 saturated heterocycles. The maximum Gasteiger partial charge on any atom is 0.230 e. The lowest BCUT2D eigenvalue weighted by molar-refractivity contribution is -0.137. The summed E-state index contributed by atoms with van der Waals surface area (Å²) in [5.41, 5.74) is 7.59. The Morgan fingerprint density at radius 2 is 0.984 bits per heavy atom. The number of ether oxygens (including phenoxy) is 2. The molecular weight excluding hydrogens is 1050 g/mol. The number of anilines is 2. The Hall–Kier alpha value is -1.38. The lowest BCUT2D eigenvalue weighted by Gasteiger charge is -2.69. The number of carbonyl (C=O) groups excluding carboxylic acids is 2. The van der Waals surface area contributed by atoms with Crippen LogP contribution in [0, 0.1) is 23.7 Å². The number of alkyl halides is 4. The number of hydrogen-bond donors (Lipinski definition) is 0. The van der Waals surface area contributed by atoms with E-state index >= 15 is 0 Å². The molecule has 14 rings (SSSR count). The van der Waals surface area contributed by atoms with Gasteiger partial charge in [-0.1, -0.05) is 168 Å². The monoisotopic (exact) mass is 1100 g/mol. The fourth-order valence-electron chi connectivity index (χ4n) is 18.0. The number of hydrogen-bond acceptors (Lipinski definition) is 6. The van der Waals surface area contributed by atoms with Crippen LogP contribution in [-0.2, 0) is 29.9 Å². The van der Waals surface area contributed by atoms with Crippen molar-refractivity contribution in [3.8, 4) is 0 Å². The van der Waals surface area contributed by atoms with Crippen LogP contribution in [0.15, 0.2) is 71.8 Å². The first-order valence-corrected chi connectivity index (χ1v) is 27.4. The summed E-state index contributed by atoms with van der Waals surface area (Å²) >= 11 is 18.4. The van der Waals surface area contributed by atoms with Gasteiger partial charge in [-0.05, 0) is 62.0 Å². The highest BCUT2D eigenvalue weighted by atomic mass is 79.9. The first-order valence-electron chi connectivity index (χ1n) is 24.2. The number of halogens is 4. The molecule has 2 saturated carbocycles. The third-order valence-corrected chi connectivity index (χ3v) is 25.3. The van der Waals surface area contributed by atoms with Crippen LogP contribution in [0.25, 0.3) is 0 Å². The van der Waals surface area contributed by atoms with Crippen molar-refractivity contribution in [2.24, 2.45) is 23.7 Å². The van der Waals surface area contributed by atoms with Gasteiger partial charge in [-0.25, -0.2) is 0 Å². The van der Waals surface area contributed by atoms with Crippen molar-refractivity contribution in [3.63, 3.8) is 0 Å². The summed E-state index contributed by atoms with van der Waals surface area (Å²) < 4.78 is 12.2.